The van der Waals surface area contributed by atoms with Gasteiger partial charge in [-0.15, -0.1) is 0 Å². The second-order valence-electron chi connectivity index (χ2n) is 9.36. The summed E-state index contributed by atoms with van der Waals surface area (Å²) in [6, 6.07) is 21.7. The van der Waals surface area contributed by atoms with Gasteiger partial charge in [-0.05, 0) is 76.2 Å². The van der Waals surface area contributed by atoms with Crippen molar-refractivity contribution in [3.05, 3.63) is 100 Å². The Kier molecular flexibility index (Phi) is 5.13. The van der Waals surface area contributed by atoms with Crippen LogP contribution in [0.4, 0.5) is 0 Å². The van der Waals surface area contributed by atoms with Gasteiger partial charge in [0.15, 0.2) is 11.6 Å². The van der Waals surface area contributed by atoms with Gasteiger partial charge < -0.3 is 4.42 Å². The van der Waals surface area contributed by atoms with Crippen LogP contribution in [-0.4, -0.2) is 11.6 Å². The molecule has 0 radical (unpaired) electrons. The smallest absolute Gasteiger partial charge is 0.197 e. The van der Waals surface area contributed by atoms with Crippen LogP contribution in [-0.2, 0) is 0 Å². The van der Waals surface area contributed by atoms with E-state index < -0.39 is 0 Å². The maximum atomic E-state index is 13.0. The highest BCUT2D eigenvalue weighted by molar-refractivity contribution is 6.42. The predicted octanol–water partition coefficient (Wildman–Crippen LogP) is 7.81. The molecule has 0 aliphatic heterocycles. The first-order valence-corrected chi connectivity index (χ1v) is 11.4. The minimum atomic E-state index is -0.248. The van der Waals surface area contributed by atoms with Crippen LogP contribution in [0.2, 0.25) is 0 Å². The van der Waals surface area contributed by atoms with E-state index in [1.165, 1.54) is 11.1 Å². The number of ketones is 2. The number of carbonyl (C=O) groups is 2. The summed E-state index contributed by atoms with van der Waals surface area (Å²) in [5.41, 5.74) is 4.60. The zero-order valence-corrected chi connectivity index (χ0v) is 19.3. The number of fused-ring (bicyclic) bond motifs is 2. The van der Waals surface area contributed by atoms with Crippen molar-refractivity contribution in [2.75, 3.05) is 0 Å². The molecule has 3 nitrogen and oxygen atoms in total. The third-order valence-electron chi connectivity index (χ3n) is 6.37. The second kappa shape index (κ2) is 8.00. The van der Waals surface area contributed by atoms with E-state index in [0.29, 0.717) is 28.7 Å². The zero-order valence-electron chi connectivity index (χ0n) is 19.3. The summed E-state index contributed by atoms with van der Waals surface area (Å²) >= 11 is 0. The molecule has 0 saturated heterocycles. The number of hydrogen-bond acceptors (Lipinski definition) is 3. The van der Waals surface area contributed by atoms with Gasteiger partial charge in [0.05, 0.1) is 5.57 Å². The van der Waals surface area contributed by atoms with Crippen LogP contribution in [0, 0.1) is 0 Å². The Balaban J connectivity index is 1.52. The Bertz CT molecular complexity index is 1360. The molecule has 164 valence electrons. The largest absolute Gasteiger partial charge is 0.457 e. The maximum absolute atomic E-state index is 13.0. The van der Waals surface area contributed by atoms with Crippen molar-refractivity contribution in [2.24, 2.45) is 0 Å². The van der Waals surface area contributed by atoms with E-state index >= 15 is 0 Å². The van der Waals surface area contributed by atoms with Gasteiger partial charge in [0.25, 0.3) is 0 Å². The van der Waals surface area contributed by atoms with Gasteiger partial charge >= 0.3 is 0 Å². The number of benzene rings is 3. The molecule has 0 spiro atoms. The molecule has 0 atom stereocenters. The molecule has 1 aliphatic rings. The average Bonchev–Trinajstić information content (AvgIpc) is 3.37. The monoisotopic (exact) mass is 434 g/mol. The Morgan fingerprint density at radius 2 is 1.24 bits per heavy atom. The third-order valence-corrected chi connectivity index (χ3v) is 6.37. The summed E-state index contributed by atoms with van der Waals surface area (Å²) in [5, 5.41) is 1.90. The standard InChI is InChI=1S/C30H26O3/c1-17(2)21-11-22(18(3)4)13-23(12-21)28-10-9-24(33-28)16-27-29(31)25-14-19-7-5-6-8-20(19)15-26(25)30(27)32/h5-18H,1-4H3. The summed E-state index contributed by atoms with van der Waals surface area (Å²) in [5.74, 6) is 1.54. The lowest BCUT2D eigenvalue weighted by Gasteiger charge is -2.13. The predicted molar refractivity (Wildman–Crippen MR) is 133 cm³/mol. The fourth-order valence-electron chi connectivity index (χ4n) is 4.35. The lowest BCUT2D eigenvalue weighted by Crippen LogP contribution is -1.99. The first-order chi connectivity index (χ1) is 15.8. The van der Waals surface area contributed by atoms with Crippen molar-refractivity contribution in [1.29, 1.82) is 0 Å². The molecule has 3 aromatic carbocycles. The number of furan rings is 1. The molecular weight excluding hydrogens is 408 g/mol. The van der Waals surface area contributed by atoms with Crippen molar-refractivity contribution >= 4 is 28.4 Å². The van der Waals surface area contributed by atoms with Gasteiger partial charge in [-0.1, -0.05) is 58.0 Å². The van der Waals surface area contributed by atoms with E-state index in [1.807, 2.05) is 48.5 Å². The van der Waals surface area contributed by atoms with Crippen molar-refractivity contribution < 1.29 is 14.0 Å². The molecule has 0 fully saturated rings. The van der Waals surface area contributed by atoms with Crippen molar-refractivity contribution in [3.63, 3.8) is 0 Å². The van der Waals surface area contributed by atoms with Crippen molar-refractivity contribution in [2.45, 2.75) is 39.5 Å². The topological polar surface area (TPSA) is 47.3 Å². The number of Topliss-reactive ketones (excluding diaryl/α,β-unsaturated/α-hetero) is 2. The molecule has 0 saturated carbocycles. The first-order valence-electron chi connectivity index (χ1n) is 11.4. The van der Waals surface area contributed by atoms with Crippen LogP contribution in [0.1, 0.15) is 77.1 Å². The number of carbonyl (C=O) groups excluding carboxylic acids is 2. The SMILES string of the molecule is CC(C)c1cc(-c2ccc(C=C3C(=O)c4cc5ccccc5cc4C3=O)o2)cc(C(C)C)c1. The van der Waals surface area contributed by atoms with E-state index in [4.69, 9.17) is 4.42 Å². The van der Waals surface area contributed by atoms with Crippen LogP contribution in [0.3, 0.4) is 0 Å². The third kappa shape index (κ3) is 3.74. The molecule has 0 amide bonds. The minimum Gasteiger partial charge on any atom is -0.457 e. The molecule has 5 rings (SSSR count). The first kappa shape index (κ1) is 21.1. The summed E-state index contributed by atoms with van der Waals surface area (Å²) in [7, 11) is 0. The summed E-state index contributed by atoms with van der Waals surface area (Å²) in [6.45, 7) is 8.72. The van der Waals surface area contributed by atoms with Crippen LogP contribution < -0.4 is 0 Å². The maximum Gasteiger partial charge on any atom is 0.197 e. The van der Waals surface area contributed by atoms with Gasteiger partial charge in [-0.2, -0.15) is 0 Å². The van der Waals surface area contributed by atoms with Crippen molar-refractivity contribution in [1.82, 2.24) is 0 Å². The van der Waals surface area contributed by atoms with Gasteiger partial charge in [0, 0.05) is 16.7 Å². The van der Waals surface area contributed by atoms with Crippen LogP contribution >= 0.6 is 0 Å². The highest BCUT2D eigenvalue weighted by Crippen LogP contribution is 2.34. The number of rotatable bonds is 4. The fraction of sp³-hybridized carbons (Fsp3) is 0.200. The second-order valence-corrected chi connectivity index (χ2v) is 9.36. The Hall–Kier alpha value is -3.72. The van der Waals surface area contributed by atoms with Crippen LogP contribution in [0.15, 0.2) is 76.7 Å². The molecule has 4 aromatic rings. The van der Waals surface area contributed by atoms with Gasteiger partial charge in [-0.25, -0.2) is 0 Å². The normalized spacial score (nSPS) is 13.5. The molecule has 33 heavy (non-hydrogen) atoms. The Morgan fingerprint density at radius 3 is 1.76 bits per heavy atom. The molecule has 0 N–H and O–H groups in total. The Morgan fingerprint density at radius 1 is 0.697 bits per heavy atom. The molecule has 1 aromatic heterocycles. The molecule has 1 heterocycles. The molecule has 1 aliphatic carbocycles. The van der Waals surface area contributed by atoms with E-state index in [2.05, 4.69) is 45.9 Å². The van der Waals surface area contributed by atoms with Gasteiger partial charge in [-0.3, -0.25) is 9.59 Å². The lowest BCUT2D eigenvalue weighted by atomic mass is 9.92. The molecule has 0 bridgehead atoms. The van der Waals surface area contributed by atoms with Crippen molar-refractivity contribution in [3.8, 4) is 11.3 Å². The molecular formula is C30H26O3. The van der Waals surface area contributed by atoms with E-state index in [0.717, 1.165) is 22.1 Å². The quantitative estimate of drug-likeness (QED) is 0.243. The lowest BCUT2D eigenvalue weighted by molar-refractivity contribution is 0.0990. The van der Waals surface area contributed by atoms with Crippen LogP contribution in [0.25, 0.3) is 28.2 Å². The minimum absolute atomic E-state index is 0.153. The molecule has 3 heteroatoms. The highest BCUT2D eigenvalue weighted by Gasteiger charge is 2.33. The van der Waals surface area contributed by atoms with Gasteiger partial charge in [0.2, 0.25) is 0 Å². The summed E-state index contributed by atoms with van der Waals surface area (Å²) in [6.07, 6.45) is 1.58. The van der Waals surface area contributed by atoms with Gasteiger partial charge in [0.1, 0.15) is 11.5 Å². The number of hydrogen-bond donors (Lipinski definition) is 0. The van der Waals surface area contributed by atoms with E-state index in [1.54, 1.807) is 6.08 Å². The van der Waals surface area contributed by atoms with E-state index in [-0.39, 0.29) is 17.1 Å². The summed E-state index contributed by atoms with van der Waals surface area (Å²) < 4.78 is 6.09. The fourth-order valence-corrected chi connectivity index (χ4v) is 4.35. The zero-order chi connectivity index (χ0) is 23.3. The van der Waals surface area contributed by atoms with E-state index in [9.17, 15) is 9.59 Å². The molecule has 0 unspecified atom stereocenters. The Labute approximate surface area is 193 Å². The highest BCUT2D eigenvalue weighted by atomic mass is 16.3. The average molecular weight is 435 g/mol. The number of allylic oxidation sites excluding steroid dienone is 1. The van der Waals surface area contributed by atoms with Crippen LogP contribution in [0.5, 0.6) is 0 Å². The summed E-state index contributed by atoms with van der Waals surface area (Å²) in [4.78, 5) is 26.1.